The minimum Gasteiger partial charge on any atom is -0.481 e. The average molecular weight is 378 g/mol. The predicted molar refractivity (Wildman–Crippen MR) is 88.7 cm³/mol. The Balaban J connectivity index is 1.99. The SMILES string of the molecule is O=C(O)C[C@@H](NC(=O)NCc1ccccn1)c1cccc(Br)c1. The number of carboxylic acids is 1. The van der Waals surface area contributed by atoms with E-state index in [0.717, 1.165) is 15.7 Å². The van der Waals surface area contributed by atoms with Gasteiger partial charge in [0.05, 0.1) is 24.7 Å². The first-order chi connectivity index (χ1) is 11.0. The molecule has 7 heteroatoms. The Morgan fingerprint density at radius 1 is 1.22 bits per heavy atom. The van der Waals surface area contributed by atoms with Crippen molar-refractivity contribution in [3.8, 4) is 0 Å². The maximum atomic E-state index is 12.0. The van der Waals surface area contributed by atoms with Gasteiger partial charge in [0.1, 0.15) is 0 Å². The zero-order chi connectivity index (χ0) is 16.7. The summed E-state index contributed by atoms with van der Waals surface area (Å²) in [6.45, 7) is 0.269. The number of carboxylic acid groups (broad SMARTS) is 1. The van der Waals surface area contributed by atoms with Crippen molar-refractivity contribution < 1.29 is 14.7 Å². The van der Waals surface area contributed by atoms with E-state index in [9.17, 15) is 9.59 Å². The van der Waals surface area contributed by atoms with Crippen molar-refractivity contribution in [1.29, 1.82) is 0 Å². The van der Waals surface area contributed by atoms with Crippen LogP contribution in [0.25, 0.3) is 0 Å². The Labute approximate surface area is 142 Å². The smallest absolute Gasteiger partial charge is 0.315 e. The first kappa shape index (κ1) is 17.0. The van der Waals surface area contributed by atoms with Crippen molar-refractivity contribution in [2.75, 3.05) is 0 Å². The summed E-state index contributed by atoms with van der Waals surface area (Å²) in [5.41, 5.74) is 1.44. The lowest BCUT2D eigenvalue weighted by molar-refractivity contribution is -0.137. The Morgan fingerprint density at radius 3 is 2.70 bits per heavy atom. The van der Waals surface area contributed by atoms with Crippen LogP contribution in [0, 0.1) is 0 Å². The largest absolute Gasteiger partial charge is 0.481 e. The van der Waals surface area contributed by atoms with E-state index in [1.54, 1.807) is 36.5 Å². The van der Waals surface area contributed by atoms with E-state index in [2.05, 4.69) is 31.5 Å². The fourth-order valence-corrected chi connectivity index (χ4v) is 2.45. The summed E-state index contributed by atoms with van der Waals surface area (Å²) in [7, 11) is 0. The van der Waals surface area contributed by atoms with Crippen LogP contribution in [0.4, 0.5) is 4.79 Å². The lowest BCUT2D eigenvalue weighted by atomic mass is 10.0. The number of urea groups is 1. The minimum absolute atomic E-state index is 0.201. The van der Waals surface area contributed by atoms with E-state index in [0.29, 0.717) is 0 Å². The minimum atomic E-state index is -0.986. The van der Waals surface area contributed by atoms with Gasteiger partial charge >= 0.3 is 12.0 Å². The van der Waals surface area contributed by atoms with Crippen LogP contribution in [-0.4, -0.2) is 22.1 Å². The molecule has 0 aliphatic heterocycles. The van der Waals surface area contributed by atoms with Gasteiger partial charge in [-0.1, -0.05) is 34.1 Å². The van der Waals surface area contributed by atoms with Crippen molar-refractivity contribution in [1.82, 2.24) is 15.6 Å². The molecule has 0 radical (unpaired) electrons. The number of hydrogen-bond donors (Lipinski definition) is 3. The molecule has 2 amide bonds. The molecule has 2 rings (SSSR count). The number of aliphatic carboxylic acids is 1. The van der Waals surface area contributed by atoms with Gasteiger partial charge in [0.25, 0.3) is 0 Å². The number of amides is 2. The number of nitrogens with zero attached hydrogens (tertiary/aromatic N) is 1. The van der Waals surface area contributed by atoms with Gasteiger partial charge in [0, 0.05) is 10.7 Å². The number of aromatic nitrogens is 1. The summed E-state index contributed by atoms with van der Waals surface area (Å²) in [5, 5.41) is 14.4. The van der Waals surface area contributed by atoms with Gasteiger partial charge in [-0.05, 0) is 29.8 Å². The Bertz CT molecular complexity index is 679. The van der Waals surface area contributed by atoms with Crippen LogP contribution >= 0.6 is 15.9 Å². The van der Waals surface area contributed by atoms with Crippen LogP contribution in [0.5, 0.6) is 0 Å². The molecule has 0 saturated carbocycles. The number of benzene rings is 1. The van der Waals surface area contributed by atoms with E-state index in [-0.39, 0.29) is 13.0 Å². The Morgan fingerprint density at radius 2 is 2.04 bits per heavy atom. The highest BCUT2D eigenvalue weighted by Crippen LogP contribution is 2.20. The quantitative estimate of drug-likeness (QED) is 0.721. The van der Waals surface area contributed by atoms with Crippen LogP contribution in [0.1, 0.15) is 23.7 Å². The maximum Gasteiger partial charge on any atom is 0.315 e. The highest BCUT2D eigenvalue weighted by molar-refractivity contribution is 9.10. The fourth-order valence-electron chi connectivity index (χ4n) is 2.03. The molecule has 0 bridgehead atoms. The second kappa shape index (κ2) is 8.28. The Hall–Kier alpha value is -2.41. The predicted octanol–water partition coefficient (Wildman–Crippen LogP) is 2.86. The van der Waals surface area contributed by atoms with Gasteiger partial charge in [0.2, 0.25) is 0 Å². The van der Waals surface area contributed by atoms with Crippen LogP contribution in [0.3, 0.4) is 0 Å². The molecule has 120 valence electrons. The van der Waals surface area contributed by atoms with E-state index >= 15 is 0 Å². The molecule has 3 N–H and O–H groups in total. The van der Waals surface area contributed by atoms with Crippen molar-refractivity contribution in [3.63, 3.8) is 0 Å². The Kier molecular flexibility index (Phi) is 6.10. The van der Waals surface area contributed by atoms with Gasteiger partial charge in [-0.15, -0.1) is 0 Å². The summed E-state index contributed by atoms with van der Waals surface area (Å²) >= 11 is 3.34. The lowest BCUT2D eigenvalue weighted by Gasteiger charge is -2.18. The lowest BCUT2D eigenvalue weighted by Crippen LogP contribution is -2.38. The molecule has 0 spiro atoms. The van der Waals surface area contributed by atoms with Crippen LogP contribution in [0.2, 0.25) is 0 Å². The molecule has 6 nitrogen and oxygen atoms in total. The van der Waals surface area contributed by atoms with Crippen molar-refractivity contribution in [2.45, 2.75) is 19.0 Å². The zero-order valence-corrected chi connectivity index (χ0v) is 13.8. The number of carbonyl (C=O) groups excluding carboxylic acids is 1. The van der Waals surface area contributed by atoms with Gasteiger partial charge in [0.15, 0.2) is 0 Å². The molecular weight excluding hydrogens is 362 g/mol. The molecular formula is C16H16BrN3O3. The summed E-state index contributed by atoms with van der Waals surface area (Å²) < 4.78 is 0.820. The molecule has 23 heavy (non-hydrogen) atoms. The van der Waals surface area contributed by atoms with Gasteiger partial charge in [-0.2, -0.15) is 0 Å². The normalized spacial score (nSPS) is 11.5. The summed E-state index contributed by atoms with van der Waals surface area (Å²) in [5.74, 6) is -0.986. The second-order valence-electron chi connectivity index (χ2n) is 4.85. The molecule has 0 saturated heterocycles. The van der Waals surface area contributed by atoms with Gasteiger partial charge < -0.3 is 15.7 Å². The summed E-state index contributed by atoms with van der Waals surface area (Å²) in [4.78, 5) is 27.2. The monoisotopic (exact) mass is 377 g/mol. The van der Waals surface area contributed by atoms with Crippen LogP contribution in [-0.2, 0) is 11.3 Å². The molecule has 1 heterocycles. The number of halogens is 1. The summed E-state index contributed by atoms with van der Waals surface area (Å²) in [6, 6.07) is 11.5. The van der Waals surface area contributed by atoms with Crippen molar-refractivity contribution >= 4 is 27.9 Å². The molecule has 2 aromatic rings. The highest BCUT2D eigenvalue weighted by Gasteiger charge is 2.18. The molecule has 0 aliphatic carbocycles. The van der Waals surface area contributed by atoms with Crippen LogP contribution < -0.4 is 10.6 Å². The molecule has 0 aliphatic rings. The first-order valence-electron chi connectivity index (χ1n) is 6.96. The third kappa shape index (κ3) is 5.71. The van der Waals surface area contributed by atoms with E-state index in [1.807, 2.05) is 12.1 Å². The van der Waals surface area contributed by atoms with Crippen molar-refractivity contribution in [3.05, 3.63) is 64.4 Å². The van der Waals surface area contributed by atoms with Gasteiger partial charge in [-0.25, -0.2) is 4.79 Å². The topological polar surface area (TPSA) is 91.3 Å². The van der Waals surface area contributed by atoms with E-state index < -0.39 is 18.0 Å². The third-order valence-corrected chi connectivity index (χ3v) is 3.58. The maximum absolute atomic E-state index is 12.0. The molecule has 1 aromatic carbocycles. The molecule has 1 aromatic heterocycles. The fraction of sp³-hybridized carbons (Fsp3) is 0.188. The average Bonchev–Trinajstić information content (AvgIpc) is 2.53. The second-order valence-corrected chi connectivity index (χ2v) is 5.77. The molecule has 0 unspecified atom stereocenters. The van der Waals surface area contributed by atoms with E-state index in [1.165, 1.54) is 0 Å². The van der Waals surface area contributed by atoms with E-state index in [4.69, 9.17) is 5.11 Å². The van der Waals surface area contributed by atoms with Gasteiger partial charge in [-0.3, -0.25) is 9.78 Å². The zero-order valence-electron chi connectivity index (χ0n) is 12.2. The molecule has 1 atom stereocenters. The number of nitrogens with one attached hydrogen (secondary N) is 2. The summed E-state index contributed by atoms with van der Waals surface area (Å²) in [6.07, 6.45) is 1.44. The highest BCUT2D eigenvalue weighted by atomic mass is 79.9. The number of pyridine rings is 1. The number of rotatable bonds is 6. The first-order valence-corrected chi connectivity index (χ1v) is 7.75. The standard InChI is InChI=1S/C16H16BrN3O3/c17-12-5-3-4-11(8-12)14(9-15(21)22)20-16(23)19-10-13-6-1-2-7-18-13/h1-8,14H,9-10H2,(H,21,22)(H2,19,20,23)/t14-/m1/s1. The number of carbonyl (C=O) groups is 2. The number of hydrogen-bond acceptors (Lipinski definition) is 3. The van der Waals surface area contributed by atoms with Crippen molar-refractivity contribution in [2.24, 2.45) is 0 Å². The molecule has 0 fully saturated rings. The third-order valence-electron chi connectivity index (χ3n) is 3.09. The van der Waals surface area contributed by atoms with Crippen LogP contribution in [0.15, 0.2) is 53.1 Å².